The Hall–Kier alpha value is -2.49. The summed E-state index contributed by atoms with van der Waals surface area (Å²) in [6.45, 7) is 2.48. The summed E-state index contributed by atoms with van der Waals surface area (Å²) < 4.78 is 37.2. The summed E-state index contributed by atoms with van der Waals surface area (Å²) >= 11 is 0. The molecule has 0 unspecified atom stereocenters. The predicted octanol–water partition coefficient (Wildman–Crippen LogP) is 2.30. The van der Waals surface area contributed by atoms with Crippen LogP contribution in [-0.2, 0) is 30.8 Å². The minimum atomic E-state index is -3.62. The van der Waals surface area contributed by atoms with Crippen LogP contribution in [0.4, 0.5) is 0 Å². The van der Waals surface area contributed by atoms with E-state index in [9.17, 15) is 13.2 Å². The standard InChI is InChI=1S/C22H29N3O5S/c1-29-14-15-30-18-25-13-10-23-22(25)20-7-11-24(12-8-20)21(26)17-31(27,28)16-9-19-5-3-2-4-6-19/h2-6,9-10,13,16,20H,7-8,11-12,14-15,17-18H2,1H3. The molecule has 1 aliphatic rings. The van der Waals surface area contributed by atoms with Gasteiger partial charge in [0.05, 0.1) is 13.2 Å². The summed E-state index contributed by atoms with van der Waals surface area (Å²) in [5, 5.41) is 1.12. The maximum atomic E-state index is 12.5. The van der Waals surface area contributed by atoms with Crippen molar-refractivity contribution in [3.8, 4) is 0 Å². The van der Waals surface area contributed by atoms with E-state index in [4.69, 9.17) is 9.47 Å². The normalized spacial score (nSPS) is 15.6. The lowest BCUT2D eigenvalue weighted by molar-refractivity contribution is -0.129. The van der Waals surface area contributed by atoms with Crippen LogP contribution in [0.3, 0.4) is 0 Å². The summed E-state index contributed by atoms with van der Waals surface area (Å²) in [6, 6.07) is 9.15. The van der Waals surface area contributed by atoms with Crippen LogP contribution >= 0.6 is 0 Å². The third-order valence-corrected chi connectivity index (χ3v) is 6.41. The third kappa shape index (κ3) is 7.02. The fourth-order valence-corrected chi connectivity index (χ4v) is 4.53. The van der Waals surface area contributed by atoms with Crippen molar-refractivity contribution >= 4 is 21.8 Å². The van der Waals surface area contributed by atoms with E-state index in [0.717, 1.165) is 29.6 Å². The molecule has 8 nitrogen and oxygen atoms in total. The van der Waals surface area contributed by atoms with Crippen molar-refractivity contribution in [2.45, 2.75) is 25.5 Å². The number of nitrogens with zero attached hydrogens (tertiary/aromatic N) is 3. The Morgan fingerprint density at radius 2 is 1.94 bits per heavy atom. The largest absolute Gasteiger partial charge is 0.382 e. The van der Waals surface area contributed by atoms with Crippen molar-refractivity contribution < 1.29 is 22.7 Å². The molecule has 31 heavy (non-hydrogen) atoms. The first kappa shape index (κ1) is 23.2. The molecule has 0 saturated carbocycles. The molecule has 1 aromatic heterocycles. The summed E-state index contributed by atoms with van der Waals surface area (Å²) in [5.41, 5.74) is 0.779. The number of hydrogen-bond acceptors (Lipinski definition) is 6. The Labute approximate surface area is 183 Å². The third-order valence-electron chi connectivity index (χ3n) is 5.21. The maximum absolute atomic E-state index is 12.5. The second kappa shape index (κ2) is 11.2. The van der Waals surface area contributed by atoms with Crippen LogP contribution < -0.4 is 0 Å². The quantitative estimate of drug-likeness (QED) is 0.519. The molecule has 0 bridgehead atoms. The van der Waals surface area contributed by atoms with Gasteiger partial charge in [0.2, 0.25) is 5.91 Å². The first-order valence-corrected chi connectivity index (χ1v) is 12.0. The van der Waals surface area contributed by atoms with Crippen molar-refractivity contribution in [1.82, 2.24) is 14.5 Å². The Kier molecular flexibility index (Phi) is 8.39. The number of carbonyl (C=O) groups excluding carboxylic acids is 1. The smallest absolute Gasteiger partial charge is 0.238 e. The van der Waals surface area contributed by atoms with E-state index in [1.54, 1.807) is 18.2 Å². The van der Waals surface area contributed by atoms with Crippen LogP contribution in [0.1, 0.15) is 30.1 Å². The minimum absolute atomic E-state index is 0.208. The lowest BCUT2D eigenvalue weighted by atomic mass is 9.96. The Morgan fingerprint density at radius 3 is 2.65 bits per heavy atom. The van der Waals surface area contributed by atoms with E-state index in [0.29, 0.717) is 33.0 Å². The fraction of sp³-hybridized carbons (Fsp3) is 0.455. The molecule has 1 saturated heterocycles. The highest BCUT2D eigenvalue weighted by molar-refractivity contribution is 7.95. The van der Waals surface area contributed by atoms with Gasteiger partial charge in [0.15, 0.2) is 9.84 Å². The number of aromatic nitrogens is 2. The molecular formula is C22H29N3O5S. The number of amides is 1. The van der Waals surface area contributed by atoms with Crippen LogP contribution in [0.5, 0.6) is 0 Å². The molecule has 0 aliphatic carbocycles. The van der Waals surface area contributed by atoms with E-state index in [1.807, 2.05) is 41.1 Å². The van der Waals surface area contributed by atoms with Gasteiger partial charge in [-0.1, -0.05) is 30.3 Å². The van der Waals surface area contributed by atoms with Crippen molar-refractivity contribution in [3.05, 3.63) is 59.5 Å². The van der Waals surface area contributed by atoms with Crippen molar-refractivity contribution in [3.63, 3.8) is 0 Å². The molecule has 1 aliphatic heterocycles. The Balaban J connectivity index is 1.50. The van der Waals surface area contributed by atoms with Gasteiger partial charge >= 0.3 is 0 Å². The number of rotatable bonds is 10. The van der Waals surface area contributed by atoms with Crippen LogP contribution in [-0.4, -0.2) is 67.9 Å². The predicted molar refractivity (Wildman–Crippen MR) is 118 cm³/mol. The lowest BCUT2D eigenvalue weighted by Crippen LogP contribution is -2.41. The molecule has 0 radical (unpaired) electrons. The first-order chi connectivity index (χ1) is 15.0. The molecule has 0 N–H and O–H groups in total. The van der Waals surface area contributed by atoms with Gasteiger partial charge in [0.25, 0.3) is 0 Å². The molecule has 2 heterocycles. The van der Waals surface area contributed by atoms with Crippen LogP contribution in [0.15, 0.2) is 48.1 Å². The maximum Gasteiger partial charge on any atom is 0.238 e. The number of ether oxygens (including phenoxy) is 2. The van der Waals surface area contributed by atoms with Gasteiger partial charge in [0, 0.05) is 43.9 Å². The number of benzene rings is 1. The number of piperidine rings is 1. The van der Waals surface area contributed by atoms with Crippen LogP contribution in [0, 0.1) is 0 Å². The molecular weight excluding hydrogens is 418 g/mol. The van der Waals surface area contributed by atoms with Crippen LogP contribution in [0.2, 0.25) is 0 Å². The molecule has 168 valence electrons. The minimum Gasteiger partial charge on any atom is -0.382 e. The zero-order chi connectivity index (χ0) is 22.1. The monoisotopic (exact) mass is 447 g/mol. The highest BCUT2D eigenvalue weighted by atomic mass is 32.2. The molecule has 0 spiro atoms. The van der Waals surface area contributed by atoms with E-state index in [1.165, 1.54) is 6.08 Å². The molecule has 2 aromatic rings. The summed E-state index contributed by atoms with van der Waals surface area (Å²) in [4.78, 5) is 18.6. The number of methoxy groups -OCH3 is 1. The number of hydrogen-bond donors (Lipinski definition) is 0. The lowest BCUT2D eigenvalue weighted by Gasteiger charge is -2.31. The summed E-state index contributed by atoms with van der Waals surface area (Å²) in [7, 11) is -1.99. The SMILES string of the molecule is COCCOCn1ccnc1C1CCN(C(=O)CS(=O)(=O)C=Cc2ccccc2)CC1. The highest BCUT2D eigenvalue weighted by Crippen LogP contribution is 2.27. The second-order valence-electron chi connectivity index (χ2n) is 7.46. The van der Waals surface area contributed by atoms with Gasteiger partial charge in [-0.25, -0.2) is 13.4 Å². The van der Waals surface area contributed by atoms with E-state index >= 15 is 0 Å². The van der Waals surface area contributed by atoms with Crippen molar-refractivity contribution in [1.29, 1.82) is 0 Å². The summed E-state index contributed by atoms with van der Waals surface area (Å²) in [5.74, 6) is 0.271. The van der Waals surface area contributed by atoms with Crippen LogP contribution in [0.25, 0.3) is 6.08 Å². The molecule has 1 amide bonds. The molecule has 9 heteroatoms. The highest BCUT2D eigenvalue weighted by Gasteiger charge is 2.28. The molecule has 0 atom stereocenters. The number of carbonyl (C=O) groups is 1. The summed E-state index contributed by atoms with van der Waals surface area (Å²) in [6.07, 6.45) is 6.62. The molecule has 1 fully saturated rings. The number of likely N-dealkylation sites (tertiary alicyclic amines) is 1. The average molecular weight is 448 g/mol. The Morgan fingerprint density at radius 1 is 1.19 bits per heavy atom. The van der Waals surface area contributed by atoms with Gasteiger partial charge in [-0.2, -0.15) is 0 Å². The number of sulfone groups is 1. The van der Waals surface area contributed by atoms with E-state index in [-0.39, 0.29) is 11.8 Å². The molecule has 3 rings (SSSR count). The second-order valence-corrected chi connectivity index (χ2v) is 9.35. The van der Waals surface area contributed by atoms with Gasteiger partial charge in [-0.3, -0.25) is 4.79 Å². The van der Waals surface area contributed by atoms with E-state index < -0.39 is 15.6 Å². The van der Waals surface area contributed by atoms with Gasteiger partial charge in [-0.05, 0) is 24.5 Å². The first-order valence-electron chi connectivity index (χ1n) is 10.3. The van der Waals surface area contributed by atoms with E-state index in [2.05, 4.69) is 4.98 Å². The van der Waals surface area contributed by atoms with Crippen molar-refractivity contribution in [2.75, 3.05) is 39.2 Å². The topological polar surface area (TPSA) is 90.7 Å². The zero-order valence-corrected chi connectivity index (χ0v) is 18.5. The van der Waals surface area contributed by atoms with Crippen molar-refractivity contribution in [2.24, 2.45) is 0 Å². The average Bonchev–Trinajstić information content (AvgIpc) is 3.24. The fourth-order valence-electron chi connectivity index (χ4n) is 3.54. The molecule has 1 aromatic carbocycles. The van der Waals surface area contributed by atoms with Gasteiger partial charge in [-0.15, -0.1) is 0 Å². The Bertz CT molecular complexity index is 964. The van der Waals surface area contributed by atoms with Gasteiger partial charge < -0.3 is 18.9 Å². The van der Waals surface area contributed by atoms with Gasteiger partial charge in [0.1, 0.15) is 18.3 Å². The zero-order valence-electron chi connectivity index (χ0n) is 17.7. The number of imidazole rings is 1.